The van der Waals surface area contributed by atoms with Gasteiger partial charge < -0.3 is 0 Å². The fraction of sp³-hybridized carbons (Fsp3) is 0.0667. The van der Waals surface area contributed by atoms with Gasteiger partial charge >= 0.3 is 0 Å². The first-order valence-corrected chi connectivity index (χ1v) is 5.30. The fourth-order valence-corrected chi connectivity index (χ4v) is 1.82. The van der Waals surface area contributed by atoms with Gasteiger partial charge in [0.15, 0.2) is 0 Å². The minimum absolute atomic E-state index is 0.382. The molecule has 0 N–H and O–H groups in total. The SMILES string of the molecule is N#Cc1ccccc1[C@@H](C#N)c1ccccc1. The number of nitrogens with zero attached hydrogens (tertiary/aromatic N) is 2. The van der Waals surface area contributed by atoms with E-state index in [1.807, 2.05) is 48.5 Å². The second-order valence-electron chi connectivity index (χ2n) is 3.67. The van der Waals surface area contributed by atoms with Crippen LogP contribution in [0.5, 0.6) is 0 Å². The predicted octanol–water partition coefficient (Wildman–Crippen LogP) is 3.21. The molecular formula is C15H10N2. The number of benzene rings is 2. The van der Waals surface area contributed by atoms with E-state index >= 15 is 0 Å². The molecule has 2 heteroatoms. The van der Waals surface area contributed by atoms with E-state index in [9.17, 15) is 5.26 Å². The summed E-state index contributed by atoms with van der Waals surface area (Å²) in [7, 11) is 0. The van der Waals surface area contributed by atoms with Gasteiger partial charge in [0.25, 0.3) is 0 Å². The van der Waals surface area contributed by atoms with Gasteiger partial charge in [-0.1, -0.05) is 48.5 Å². The highest BCUT2D eigenvalue weighted by atomic mass is 14.3. The summed E-state index contributed by atoms with van der Waals surface area (Å²) in [5.74, 6) is -0.382. The molecule has 0 saturated heterocycles. The van der Waals surface area contributed by atoms with Gasteiger partial charge in [0, 0.05) is 0 Å². The molecule has 0 radical (unpaired) electrons. The Labute approximate surface area is 100 Å². The van der Waals surface area contributed by atoms with Crippen molar-refractivity contribution in [3.05, 3.63) is 71.3 Å². The lowest BCUT2D eigenvalue weighted by atomic mass is 9.90. The quantitative estimate of drug-likeness (QED) is 0.777. The summed E-state index contributed by atoms with van der Waals surface area (Å²) < 4.78 is 0. The van der Waals surface area contributed by atoms with Crippen molar-refractivity contribution in [2.24, 2.45) is 0 Å². The lowest BCUT2D eigenvalue weighted by molar-refractivity contribution is 1.03. The summed E-state index contributed by atoms with van der Waals surface area (Å²) in [4.78, 5) is 0. The number of hydrogen-bond acceptors (Lipinski definition) is 2. The van der Waals surface area contributed by atoms with E-state index in [-0.39, 0.29) is 5.92 Å². The van der Waals surface area contributed by atoms with Crippen molar-refractivity contribution < 1.29 is 0 Å². The Balaban J connectivity index is 2.52. The van der Waals surface area contributed by atoms with Crippen LogP contribution >= 0.6 is 0 Å². The average molecular weight is 218 g/mol. The topological polar surface area (TPSA) is 47.6 Å². The first-order chi connectivity index (χ1) is 8.36. The minimum atomic E-state index is -0.382. The van der Waals surface area contributed by atoms with Gasteiger partial charge in [-0.25, -0.2) is 0 Å². The Morgan fingerprint density at radius 1 is 0.824 bits per heavy atom. The highest BCUT2D eigenvalue weighted by molar-refractivity contribution is 5.47. The Kier molecular flexibility index (Phi) is 3.19. The van der Waals surface area contributed by atoms with Gasteiger partial charge in [-0.15, -0.1) is 0 Å². The first-order valence-electron chi connectivity index (χ1n) is 5.30. The molecule has 0 aliphatic carbocycles. The lowest BCUT2D eigenvalue weighted by Gasteiger charge is -2.11. The summed E-state index contributed by atoms with van der Waals surface area (Å²) in [5.41, 5.74) is 2.24. The summed E-state index contributed by atoms with van der Waals surface area (Å²) in [6.45, 7) is 0. The van der Waals surface area contributed by atoms with Crippen LogP contribution in [0.1, 0.15) is 22.6 Å². The fourth-order valence-electron chi connectivity index (χ4n) is 1.82. The number of hydrogen-bond donors (Lipinski definition) is 0. The molecule has 0 saturated carbocycles. The Hall–Kier alpha value is -2.58. The van der Waals surface area contributed by atoms with Crippen LogP contribution in [0.2, 0.25) is 0 Å². The molecular weight excluding hydrogens is 208 g/mol. The predicted molar refractivity (Wildman–Crippen MR) is 65.1 cm³/mol. The van der Waals surface area contributed by atoms with Crippen LogP contribution in [0.4, 0.5) is 0 Å². The van der Waals surface area contributed by atoms with Crippen LogP contribution in [-0.4, -0.2) is 0 Å². The van der Waals surface area contributed by atoms with Gasteiger partial charge in [-0.05, 0) is 17.2 Å². The van der Waals surface area contributed by atoms with Crippen LogP contribution in [0.25, 0.3) is 0 Å². The third-order valence-corrected chi connectivity index (χ3v) is 2.65. The smallest absolute Gasteiger partial charge is 0.0995 e. The van der Waals surface area contributed by atoms with E-state index in [0.717, 1.165) is 11.1 Å². The molecule has 2 rings (SSSR count). The van der Waals surface area contributed by atoms with Gasteiger partial charge in [-0.3, -0.25) is 0 Å². The molecule has 2 aromatic rings. The number of rotatable bonds is 2. The van der Waals surface area contributed by atoms with Gasteiger partial charge in [0.05, 0.1) is 23.6 Å². The standard InChI is InChI=1S/C15H10N2/c16-10-13-8-4-5-9-14(13)15(11-17)12-6-2-1-3-7-12/h1-9,15H/t15-/m0/s1. The van der Waals surface area contributed by atoms with Crippen LogP contribution in [0.3, 0.4) is 0 Å². The van der Waals surface area contributed by atoms with Crippen LogP contribution in [-0.2, 0) is 0 Å². The van der Waals surface area contributed by atoms with Crippen LogP contribution in [0, 0.1) is 22.7 Å². The summed E-state index contributed by atoms with van der Waals surface area (Å²) in [6.07, 6.45) is 0. The zero-order valence-corrected chi connectivity index (χ0v) is 9.17. The average Bonchev–Trinajstić information content (AvgIpc) is 2.41. The first kappa shape index (κ1) is 10.9. The minimum Gasteiger partial charge on any atom is -0.197 e. The largest absolute Gasteiger partial charge is 0.197 e. The van der Waals surface area contributed by atoms with E-state index in [0.29, 0.717) is 5.56 Å². The molecule has 80 valence electrons. The van der Waals surface area contributed by atoms with Gasteiger partial charge in [0.2, 0.25) is 0 Å². The van der Waals surface area contributed by atoms with Crippen molar-refractivity contribution >= 4 is 0 Å². The van der Waals surface area contributed by atoms with Crippen molar-refractivity contribution in [3.8, 4) is 12.1 Å². The third kappa shape index (κ3) is 2.17. The van der Waals surface area contributed by atoms with E-state index < -0.39 is 0 Å². The molecule has 0 fully saturated rings. The maximum absolute atomic E-state index is 9.29. The molecule has 0 heterocycles. The van der Waals surface area contributed by atoms with Crippen LogP contribution in [0.15, 0.2) is 54.6 Å². The lowest BCUT2D eigenvalue weighted by Crippen LogP contribution is -2.00. The summed E-state index contributed by atoms with van der Waals surface area (Å²) >= 11 is 0. The van der Waals surface area contributed by atoms with Crippen molar-refractivity contribution in [1.82, 2.24) is 0 Å². The molecule has 0 unspecified atom stereocenters. The highest BCUT2D eigenvalue weighted by Gasteiger charge is 2.15. The monoisotopic (exact) mass is 218 g/mol. The third-order valence-electron chi connectivity index (χ3n) is 2.65. The molecule has 0 amide bonds. The van der Waals surface area contributed by atoms with Crippen molar-refractivity contribution in [2.45, 2.75) is 5.92 Å². The maximum atomic E-state index is 9.29. The van der Waals surface area contributed by atoms with E-state index in [1.54, 1.807) is 6.07 Å². The Morgan fingerprint density at radius 2 is 1.47 bits per heavy atom. The molecule has 2 aromatic carbocycles. The Morgan fingerprint density at radius 3 is 2.12 bits per heavy atom. The molecule has 0 aliphatic heterocycles. The molecule has 0 bridgehead atoms. The maximum Gasteiger partial charge on any atom is 0.0995 e. The second kappa shape index (κ2) is 4.96. The molecule has 2 nitrogen and oxygen atoms in total. The molecule has 1 atom stereocenters. The van der Waals surface area contributed by atoms with Crippen molar-refractivity contribution in [2.75, 3.05) is 0 Å². The summed E-state index contributed by atoms with van der Waals surface area (Å²) in [6, 6.07) is 21.1. The normalized spacial score (nSPS) is 11.2. The highest BCUT2D eigenvalue weighted by Crippen LogP contribution is 2.26. The zero-order chi connectivity index (χ0) is 12.1. The second-order valence-corrected chi connectivity index (χ2v) is 3.67. The van der Waals surface area contributed by atoms with Crippen LogP contribution < -0.4 is 0 Å². The van der Waals surface area contributed by atoms with E-state index in [1.165, 1.54) is 0 Å². The zero-order valence-electron chi connectivity index (χ0n) is 9.17. The van der Waals surface area contributed by atoms with E-state index in [4.69, 9.17) is 5.26 Å². The van der Waals surface area contributed by atoms with Gasteiger partial charge in [-0.2, -0.15) is 10.5 Å². The Bertz CT molecular complexity index is 588. The molecule has 0 aliphatic rings. The van der Waals surface area contributed by atoms with E-state index in [2.05, 4.69) is 12.1 Å². The number of nitriles is 2. The molecule has 0 spiro atoms. The van der Waals surface area contributed by atoms with Crippen molar-refractivity contribution in [3.63, 3.8) is 0 Å². The summed E-state index contributed by atoms with van der Waals surface area (Å²) in [5, 5.41) is 18.3. The van der Waals surface area contributed by atoms with Crippen molar-refractivity contribution in [1.29, 1.82) is 10.5 Å². The molecule has 17 heavy (non-hydrogen) atoms. The van der Waals surface area contributed by atoms with Gasteiger partial charge in [0.1, 0.15) is 0 Å². The molecule has 0 aromatic heterocycles.